The van der Waals surface area contributed by atoms with Gasteiger partial charge in [-0.25, -0.2) is 9.78 Å². The van der Waals surface area contributed by atoms with E-state index in [9.17, 15) is 9.59 Å². The maximum atomic E-state index is 12.5. The monoisotopic (exact) mass is 325 g/mol. The van der Waals surface area contributed by atoms with Crippen LogP contribution in [0.15, 0.2) is 42.6 Å². The van der Waals surface area contributed by atoms with Gasteiger partial charge in [0.15, 0.2) is 0 Å². The molecular weight excluding hydrogens is 310 g/mol. The van der Waals surface area contributed by atoms with Gasteiger partial charge in [-0.3, -0.25) is 4.79 Å². The highest BCUT2D eigenvalue weighted by Gasteiger charge is 2.51. The van der Waals surface area contributed by atoms with Gasteiger partial charge in [0, 0.05) is 24.7 Å². The number of ether oxygens (including phenoxy) is 1. The predicted octanol–water partition coefficient (Wildman–Crippen LogP) is 2.20. The van der Waals surface area contributed by atoms with Gasteiger partial charge in [0.2, 0.25) is 11.5 Å². The van der Waals surface area contributed by atoms with E-state index in [4.69, 9.17) is 9.84 Å². The van der Waals surface area contributed by atoms with Crippen LogP contribution < -0.4 is 10.1 Å². The molecule has 1 atom stereocenters. The summed E-state index contributed by atoms with van der Waals surface area (Å²) in [5.74, 6) is -0.00715. The summed E-state index contributed by atoms with van der Waals surface area (Å²) in [5.41, 5.74) is 1.17. The topological polar surface area (TPSA) is 91.8 Å². The van der Waals surface area contributed by atoms with E-state index in [2.05, 4.69) is 10.3 Å². The van der Waals surface area contributed by atoms with Crippen molar-refractivity contribution in [1.82, 2.24) is 9.88 Å². The van der Waals surface area contributed by atoms with Crippen LogP contribution in [0.2, 0.25) is 0 Å². The van der Waals surface area contributed by atoms with Gasteiger partial charge >= 0.3 is 6.09 Å². The molecule has 2 aromatic rings. The van der Waals surface area contributed by atoms with Gasteiger partial charge in [-0.15, -0.1) is 0 Å². The average molecular weight is 325 g/mol. The molecule has 0 aliphatic carbocycles. The van der Waals surface area contributed by atoms with Crippen LogP contribution in [-0.4, -0.2) is 45.7 Å². The number of likely N-dealkylation sites (tertiary alicyclic amines) is 1. The van der Waals surface area contributed by atoms with Gasteiger partial charge in [0.25, 0.3) is 5.91 Å². The number of pyridine rings is 1. The molecule has 2 N–H and O–H groups in total. The summed E-state index contributed by atoms with van der Waals surface area (Å²) in [7, 11) is 0. The number of carbonyl (C=O) groups is 2. The largest absolute Gasteiger partial charge is 0.465 e. The van der Waals surface area contributed by atoms with Crippen molar-refractivity contribution in [3.63, 3.8) is 0 Å². The lowest BCUT2D eigenvalue weighted by Crippen LogP contribution is -2.53. The summed E-state index contributed by atoms with van der Waals surface area (Å²) < 4.78 is 5.84. The molecule has 2 aliphatic rings. The Morgan fingerprint density at radius 2 is 2.08 bits per heavy atom. The molecular formula is C17H15N3O4. The van der Waals surface area contributed by atoms with Crippen molar-refractivity contribution in [2.24, 2.45) is 0 Å². The van der Waals surface area contributed by atoms with Crippen LogP contribution in [0.4, 0.5) is 10.5 Å². The Bertz CT molecular complexity index is 824. The molecule has 0 radical (unpaired) electrons. The van der Waals surface area contributed by atoms with E-state index < -0.39 is 11.7 Å². The minimum absolute atomic E-state index is 0.00965. The van der Waals surface area contributed by atoms with Crippen LogP contribution in [0, 0.1) is 0 Å². The van der Waals surface area contributed by atoms with Gasteiger partial charge in [0.1, 0.15) is 5.69 Å². The SMILES string of the molecule is O=C(O)N1CCC2(C1)Oc1ncc(-c3ccccc3)cc1NC2=O. The fourth-order valence-electron chi connectivity index (χ4n) is 3.09. The number of hydrogen-bond acceptors (Lipinski definition) is 4. The molecule has 122 valence electrons. The summed E-state index contributed by atoms with van der Waals surface area (Å²) in [6.45, 7) is 0.274. The number of benzene rings is 1. The molecule has 0 saturated carbocycles. The molecule has 0 bridgehead atoms. The number of nitrogens with one attached hydrogen (secondary N) is 1. The zero-order valence-corrected chi connectivity index (χ0v) is 12.7. The third-order valence-electron chi connectivity index (χ3n) is 4.41. The summed E-state index contributed by atoms with van der Waals surface area (Å²) >= 11 is 0. The van der Waals surface area contributed by atoms with Crippen molar-refractivity contribution in [3.05, 3.63) is 42.6 Å². The number of hydrogen-bond donors (Lipinski definition) is 2. The smallest absolute Gasteiger partial charge is 0.407 e. The first kappa shape index (κ1) is 14.5. The fourth-order valence-corrected chi connectivity index (χ4v) is 3.09. The average Bonchev–Trinajstić information content (AvgIpc) is 3.02. The number of amides is 2. The van der Waals surface area contributed by atoms with Gasteiger partial charge in [0.05, 0.1) is 6.54 Å². The van der Waals surface area contributed by atoms with Crippen molar-refractivity contribution >= 4 is 17.7 Å². The Morgan fingerprint density at radius 1 is 1.29 bits per heavy atom. The second kappa shape index (κ2) is 5.23. The first-order valence-corrected chi connectivity index (χ1v) is 7.61. The number of rotatable bonds is 1. The molecule has 1 aromatic carbocycles. The number of fused-ring (bicyclic) bond motifs is 1. The molecule has 1 fully saturated rings. The Morgan fingerprint density at radius 3 is 2.79 bits per heavy atom. The van der Waals surface area contributed by atoms with Crippen molar-refractivity contribution < 1.29 is 19.4 Å². The van der Waals surface area contributed by atoms with Gasteiger partial charge in [-0.2, -0.15) is 0 Å². The van der Waals surface area contributed by atoms with Crippen molar-refractivity contribution in [3.8, 4) is 17.0 Å². The molecule has 1 aromatic heterocycles. The van der Waals surface area contributed by atoms with Gasteiger partial charge < -0.3 is 20.1 Å². The maximum Gasteiger partial charge on any atom is 0.407 e. The maximum absolute atomic E-state index is 12.5. The van der Waals surface area contributed by atoms with Crippen LogP contribution in [0.1, 0.15) is 6.42 Å². The Hall–Kier alpha value is -3.09. The predicted molar refractivity (Wildman–Crippen MR) is 85.9 cm³/mol. The first-order chi connectivity index (χ1) is 11.6. The van der Waals surface area contributed by atoms with Gasteiger partial charge in [-0.1, -0.05) is 30.3 Å². The van der Waals surface area contributed by atoms with E-state index in [1.807, 2.05) is 36.4 Å². The van der Waals surface area contributed by atoms with E-state index >= 15 is 0 Å². The lowest BCUT2D eigenvalue weighted by atomic mass is 9.99. The quantitative estimate of drug-likeness (QED) is 0.838. The Balaban J connectivity index is 1.65. The second-order valence-corrected chi connectivity index (χ2v) is 5.95. The third kappa shape index (κ3) is 2.25. The van der Waals surface area contributed by atoms with Gasteiger partial charge in [-0.05, 0) is 11.6 Å². The minimum atomic E-state index is -1.19. The molecule has 1 unspecified atom stereocenters. The minimum Gasteiger partial charge on any atom is -0.465 e. The molecule has 2 aliphatic heterocycles. The molecule has 7 nitrogen and oxygen atoms in total. The number of carbonyl (C=O) groups excluding carboxylic acids is 1. The number of anilines is 1. The van der Waals surface area contributed by atoms with E-state index in [1.54, 1.807) is 6.20 Å². The molecule has 7 heteroatoms. The normalized spacial score (nSPS) is 22.0. The van der Waals surface area contributed by atoms with Crippen molar-refractivity contribution in [2.75, 3.05) is 18.4 Å². The van der Waals surface area contributed by atoms with Crippen LogP contribution in [0.3, 0.4) is 0 Å². The second-order valence-electron chi connectivity index (χ2n) is 5.95. The van der Waals surface area contributed by atoms with E-state index in [-0.39, 0.29) is 19.0 Å². The lowest BCUT2D eigenvalue weighted by molar-refractivity contribution is -0.131. The van der Waals surface area contributed by atoms with Crippen LogP contribution in [-0.2, 0) is 4.79 Å². The number of nitrogens with zero attached hydrogens (tertiary/aromatic N) is 2. The summed E-state index contributed by atoms with van der Waals surface area (Å²) in [6, 6.07) is 11.5. The number of aromatic nitrogens is 1. The highest BCUT2D eigenvalue weighted by Crippen LogP contribution is 2.38. The molecule has 1 saturated heterocycles. The fraction of sp³-hybridized carbons (Fsp3) is 0.235. The third-order valence-corrected chi connectivity index (χ3v) is 4.41. The molecule has 4 rings (SSSR count). The molecule has 3 heterocycles. The Labute approximate surface area is 137 Å². The van der Waals surface area contributed by atoms with E-state index in [0.717, 1.165) is 11.1 Å². The summed E-state index contributed by atoms with van der Waals surface area (Å²) in [5, 5.41) is 11.9. The zero-order valence-electron chi connectivity index (χ0n) is 12.7. The Kier molecular flexibility index (Phi) is 3.16. The molecule has 1 spiro atoms. The zero-order chi connectivity index (χ0) is 16.7. The van der Waals surface area contributed by atoms with E-state index in [1.165, 1.54) is 4.90 Å². The number of carboxylic acid groups (broad SMARTS) is 1. The summed E-state index contributed by atoms with van der Waals surface area (Å²) in [6.07, 6.45) is 0.942. The standard InChI is InChI=1S/C17H15N3O4/c21-15-17(6-7-20(10-17)16(22)23)24-14-13(19-15)8-12(9-18-14)11-4-2-1-3-5-11/h1-5,8-9H,6-7,10H2,(H,19,21)(H,22,23). The van der Waals surface area contributed by atoms with Crippen LogP contribution in [0.25, 0.3) is 11.1 Å². The van der Waals surface area contributed by atoms with Crippen LogP contribution >= 0.6 is 0 Å². The lowest BCUT2D eigenvalue weighted by Gasteiger charge is -2.33. The van der Waals surface area contributed by atoms with Crippen molar-refractivity contribution in [2.45, 2.75) is 12.0 Å². The molecule has 24 heavy (non-hydrogen) atoms. The first-order valence-electron chi connectivity index (χ1n) is 7.61. The van der Waals surface area contributed by atoms with Crippen molar-refractivity contribution in [1.29, 1.82) is 0 Å². The highest BCUT2D eigenvalue weighted by molar-refractivity contribution is 6.01. The van der Waals surface area contributed by atoms with Crippen LogP contribution in [0.5, 0.6) is 5.88 Å². The van der Waals surface area contributed by atoms with E-state index in [0.29, 0.717) is 18.0 Å². The highest BCUT2D eigenvalue weighted by atomic mass is 16.5. The molecule has 2 amide bonds. The summed E-state index contributed by atoms with van der Waals surface area (Å²) in [4.78, 5) is 29.1.